The molecule has 0 spiro atoms. The van der Waals surface area contributed by atoms with E-state index in [1.165, 1.54) is 24.3 Å². The molecular weight excluding hydrogens is 469 g/mol. The van der Waals surface area contributed by atoms with Crippen molar-refractivity contribution in [3.63, 3.8) is 0 Å². The quantitative estimate of drug-likeness (QED) is 0.397. The Balaban J connectivity index is 1.65. The number of para-hydroxylation sites is 1. The lowest BCUT2D eigenvalue weighted by Crippen LogP contribution is -2.25. The zero-order valence-corrected chi connectivity index (χ0v) is 18.7. The fourth-order valence-electron chi connectivity index (χ4n) is 4.24. The fourth-order valence-corrected chi connectivity index (χ4v) is 4.87. The summed E-state index contributed by atoms with van der Waals surface area (Å²) in [6, 6.07) is 14.8. The number of ether oxygens (including phenoxy) is 2. The van der Waals surface area contributed by atoms with E-state index in [1.807, 2.05) is 4.57 Å². The molecule has 10 heteroatoms. The van der Waals surface area contributed by atoms with Crippen molar-refractivity contribution in [3.8, 4) is 16.9 Å². The lowest BCUT2D eigenvalue weighted by molar-refractivity contribution is -0.0512. The predicted molar refractivity (Wildman–Crippen MR) is 119 cm³/mol. The third-order valence-electron chi connectivity index (χ3n) is 5.76. The van der Waals surface area contributed by atoms with Crippen LogP contribution < -0.4 is 4.74 Å². The first-order valence-electron chi connectivity index (χ1n) is 10.3. The molecule has 2 heterocycles. The summed E-state index contributed by atoms with van der Waals surface area (Å²) >= 11 is 0. The van der Waals surface area contributed by atoms with E-state index in [-0.39, 0.29) is 29.4 Å². The fraction of sp³-hybridized carbons (Fsp3) is 0.208. The molecule has 0 bridgehead atoms. The van der Waals surface area contributed by atoms with E-state index in [9.17, 15) is 17.2 Å². The van der Waals surface area contributed by atoms with Crippen LogP contribution in [0.3, 0.4) is 0 Å². The van der Waals surface area contributed by atoms with Crippen LogP contribution in [0.5, 0.6) is 5.75 Å². The average molecular weight is 488 g/mol. The molecule has 0 aliphatic carbocycles. The monoisotopic (exact) mass is 488 g/mol. The Morgan fingerprint density at radius 1 is 1.12 bits per heavy atom. The molecule has 1 aromatic heterocycles. The van der Waals surface area contributed by atoms with E-state index in [0.29, 0.717) is 28.0 Å². The minimum absolute atomic E-state index is 0.0273. The van der Waals surface area contributed by atoms with Crippen molar-refractivity contribution in [1.82, 2.24) is 9.55 Å². The Bertz CT molecular complexity index is 1480. The first-order valence-corrected chi connectivity index (χ1v) is 12.2. The first-order chi connectivity index (χ1) is 16.2. The number of benzene rings is 3. The topological polar surface area (TPSA) is 70.4 Å². The number of fused-ring (bicyclic) bond motifs is 3. The van der Waals surface area contributed by atoms with Gasteiger partial charge in [0.1, 0.15) is 24.0 Å². The average Bonchev–Trinajstić information content (AvgIpc) is 3.15. The van der Waals surface area contributed by atoms with Crippen LogP contribution in [0.1, 0.15) is 17.4 Å². The van der Waals surface area contributed by atoms with E-state index in [0.717, 1.165) is 6.26 Å². The van der Waals surface area contributed by atoms with Gasteiger partial charge < -0.3 is 14.0 Å². The van der Waals surface area contributed by atoms with Gasteiger partial charge in [0.15, 0.2) is 9.84 Å². The molecule has 1 atom stereocenters. The summed E-state index contributed by atoms with van der Waals surface area (Å²) in [6.45, 7) is -2.61. The smallest absolute Gasteiger partial charge is 0.387 e. The lowest BCUT2D eigenvalue weighted by atomic mass is 10.0. The highest BCUT2D eigenvalue weighted by molar-refractivity contribution is 7.90. The molecule has 1 aliphatic heterocycles. The van der Waals surface area contributed by atoms with Crippen molar-refractivity contribution in [2.75, 3.05) is 12.9 Å². The molecule has 1 aliphatic rings. The van der Waals surface area contributed by atoms with Crippen molar-refractivity contribution >= 4 is 20.9 Å². The van der Waals surface area contributed by atoms with E-state index < -0.39 is 28.3 Å². The Morgan fingerprint density at radius 2 is 1.85 bits per heavy atom. The van der Waals surface area contributed by atoms with Gasteiger partial charge in [0.2, 0.25) is 0 Å². The molecule has 0 fully saturated rings. The van der Waals surface area contributed by atoms with Crippen LogP contribution in [0.4, 0.5) is 13.2 Å². The molecule has 176 valence electrons. The van der Waals surface area contributed by atoms with Crippen LogP contribution in [0.15, 0.2) is 65.6 Å². The van der Waals surface area contributed by atoms with Crippen LogP contribution in [0, 0.1) is 5.82 Å². The standard InChI is InChI=1S/C24H19F3N2O4S/c1-34(30,31)15-8-6-14(7-9-15)17-10-20-19(11-18(17)25)28-23-13-32-12-21(29(20)23)16-4-2-3-5-22(16)33-24(26)27/h2-11,21,24H,12-13H2,1H3/t21-/m1/s1. The number of imidazole rings is 1. The molecular formula is C24H19F3N2O4S. The maximum absolute atomic E-state index is 15.0. The lowest BCUT2D eigenvalue weighted by Gasteiger charge is -2.28. The molecule has 0 unspecified atom stereocenters. The van der Waals surface area contributed by atoms with Gasteiger partial charge in [0, 0.05) is 23.4 Å². The Morgan fingerprint density at radius 3 is 2.56 bits per heavy atom. The maximum Gasteiger partial charge on any atom is 0.387 e. The van der Waals surface area contributed by atoms with Gasteiger partial charge in [-0.15, -0.1) is 0 Å². The summed E-state index contributed by atoms with van der Waals surface area (Å²) in [4.78, 5) is 4.62. The molecule has 0 radical (unpaired) electrons. The first kappa shape index (κ1) is 22.4. The molecule has 3 aromatic carbocycles. The number of hydrogen-bond acceptors (Lipinski definition) is 5. The van der Waals surface area contributed by atoms with E-state index in [2.05, 4.69) is 4.98 Å². The molecule has 4 aromatic rings. The van der Waals surface area contributed by atoms with Gasteiger partial charge in [-0.2, -0.15) is 8.78 Å². The van der Waals surface area contributed by atoms with Gasteiger partial charge in [0.25, 0.3) is 0 Å². The number of rotatable bonds is 5. The largest absolute Gasteiger partial charge is 0.434 e. The van der Waals surface area contributed by atoms with Crippen LogP contribution in [-0.4, -0.2) is 37.4 Å². The third kappa shape index (κ3) is 4.03. The van der Waals surface area contributed by atoms with Gasteiger partial charge in [-0.3, -0.25) is 0 Å². The summed E-state index contributed by atoms with van der Waals surface area (Å²) < 4.78 is 76.8. The van der Waals surface area contributed by atoms with Crippen molar-refractivity contribution in [3.05, 3.63) is 77.9 Å². The summed E-state index contributed by atoms with van der Waals surface area (Å²) in [5.41, 5.74) is 2.24. The Kier molecular flexibility index (Phi) is 5.57. The molecule has 0 saturated carbocycles. The van der Waals surface area contributed by atoms with Gasteiger partial charge in [0.05, 0.1) is 28.6 Å². The van der Waals surface area contributed by atoms with Crippen molar-refractivity contribution < 1.29 is 31.1 Å². The summed E-state index contributed by atoms with van der Waals surface area (Å²) in [5, 5.41) is 0. The highest BCUT2D eigenvalue weighted by Gasteiger charge is 2.29. The zero-order chi connectivity index (χ0) is 24.0. The number of sulfone groups is 1. The number of hydrogen-bond donors (Lipinski definition) is 0. The molecule has 0 N–H and O–H groups in total. The predicted octanol–water partition coefficient (Wildman–Crippen LogP) is 4.97. The molecule has 0 saturated heterocycles. The number of halogens is 3. The van der Waals surface area contributed by atoms with Crippen molar-refractivity contribution in [2.45, 2.75) is 24.2 Å². The van der Waals surface area contributed by atoms with Gasteiger partial charge in [-0.1, -0.05) is 30.3 Å². The van der Waals surface area contributed by atoms with Crippen LogP contribution in [-0.2, 0) is 21.2 Å². The second kappa shape index (κ2) is 8.44. The second-order valence-corrected chi connectivity index (χ2v) is 9.98. The van der Waals surface area contributed by atoms with Gasteiger partial charge in [-0.25, -0.2) is 17.8 Å². The highest BCUT2D eigenvalue weighted by Crippen LogP contribution is 2.37. The van der Waals surface area contributed by atoms with Crippen LogP contribution >= 0.6 is 0 Å². The summed E-state index contributed by atoms with van der Waals surface area (Å²) in [6.07, 6.45) is 1.10. The minimum Gasteiger partial charge on any atom is -0.434 e. The van der Waals surface area contributed by atoms with E-state index in [1.54, 1.807) is 36.4 Å². The molecule has 6 nitrogen and oxygen atoms in total. The van der Waals surface area contributed by atoms with Crippen LogP contribution in [0.25, 0.3) is 22.2 Å². The molecule has 5 rings (SSSR count). The maximum atomic E-state index is 15.0. The van der Waals surface area contributed by atoms with E-state index in [4.69, 9.17) is 9.47 Å². The zero-order valence-electron chi connectivity index (χ0n) is 17.9. The number of aromatic nitrogens is 2. The van der Waals surface area contributed by atoms with Crippen molar-refractivity contribution in [2.24, 2.45) is 0 Å². The summed E-state index contributed by atoms with van der Waals surface area (Å²) in [5.74, 6) is 0.0375. The van der Waals surface area contributed by atoms with Crippen molar-refractivity contribution in [1.29, 1.82) is 0 Å². The number of nitrogens with zero attached hydrogens (tertiary/aromatic N) is 2. The van der Waals surface area contributed by atoms with Crippen LogP contribution in [0.2, 0.25) is 0 Å². The normalized spacial score (nSPS) is 16.1. The van der Waals surface area contributed by atoms with Gasteiger partial charge in [-0.05, 0) is 29.8 Å². The van der Waals surface area contributed by atoms with Gasteiger partial charge >= 0.3 is 6.61 Å². The Labute approximate surface area is 193 Å². The summed E-state index contributed by atoms with van der Waals surface area (Å²) in [7, 11) is -3.39. The third-order valence-corrected chi connectivity index (χ3v) is 6.89. The number of alkyl halides is 2. The van der Waals surface area contributed by atoms with E-state index >= 15 is 4.39 Å². The minimum atomic E-state index is -3.39. The SMILES string of the molecule is CS(=O)(=O)c1ccc(-c2cc3c(cc2F)nc2n3[C@@H](c3ccccc3OC(F)F)COC2)cc1. The second-order valence-electron chi connectivity index (χ2n) is 7.96. The molecule has 34 heavy (non-hydrogen) atoms. The molecule has 0 amide bonds. The Hall–Kier alpha value is -3.37. The highest BCUT2D eigenvalue weighted by atomic mass is 32.2.